The topological polar surface area (TPSA) is 147 Å². The fraction of sp³-hybridized carbons (Fsp3) is 0.0667. The van der Waals surface area contributed by atoms with Crippen molar-refractivity contribution in [3.8, 4) is 0 Å². The number of rotatable bonds is 6. The normalized spacial score (nSPS) is 11.4. The Morgan fingerprint density at radius 2 is 2.00 bits per heavy atom. The van der Waals surface area contributed by atoms with Gasteiger partial charge in [-0.1, -0.05) is 0 Å². The van der Waals surface area contributed by atoms with Crippen molar-refractivity contribution in [2.75, 3.05) is 0 Å². The lowest BCUT2D eigenvalue weighted by molar-refractivity contribution is 0.0696. The van der Waals surface area contributed by atoms with Crippen LogP contribution in [0.25, 0.3) is 5.76 Å². The molecule has 3 aromatic rings. The fourth-order valence-corrected chi connectivity index (χ4v) is 2.18. The number of pyridine rings is 1. The number of aromatic carboxylic acids is 1. The second-order valence-electron chi connectivity index (χ2n) is 5.03. The smallest absolute Gasteiger partial charge is 0.337 e. The van der Waals surface area contributed by atoms with E-state index in [1.807, 2.05) is 0 Å². The Morgan fingerprint density at radius 1 is 1.24 bits per heavy atom. The Morgan fingerprint density at radius 3 is 2.64 bits per heavy atom. The van der Waals surface area contributed by atoms with Gasteiger partial charge in [-0.05, 0) is 29.0 Å². The minimum Gasteiger partial charge on any atom is -0.504 e. The molecule has 0 radical (unpaired) electrons. The summed E-state index contributed by atoms with van der Waals surface area (Å²) in [7, 11) is 0. The van der Waals surface area contributed by atoms with Crippen molar-refractivity contribution in [1.29, 1.82) is 0 Å². The predicted octanol–water partition coefficient (Wildman–Crippen LogP) is 0.924. The Kier molecular flexibility index (Phi) is 4.33. The molecule has 0 unspecified atom stereocenters. The van der Waals surface area contributed by atoms with E-state index in [-0.39, 0.29) is 23.6 Å². The number of aromatic amines is 1. The number of carbonyl (C=O) groups is 2. The highest BCUT2D eigenvalue weighted by Gasteiger charge is 2.17. The number of hydrogen-bond donors (Lipinski definition) is 3. The number of carbonyl (C=O) groups excluding carboxylic acids is 1. The second kappa shape index (κ2) is 6.74. The predicted molar refractivity (Wildman–Crippen MR) is 83.8 cm³/mol. The lowest BCUT2D eigenvalue weighted by atomic mass is 10.2. The third-order valence-electron chi connectivity index (χ3n) is 3.34. The quantitative estimate of drug-likeness (QED) is 0.341. The van der Waals surface area contributed by atoms with Crippen LogP contribution < -0.4 is 0 Å². The van der Waals surface area contributed by atoms with Crippen LogP contribution in [0, 0.1) is 0 Å². The Labute approximate surface area is 140 Å². The summed E-state index contributed by atoms with van der Waals surface area (Å²) in [6.45, 7) is 0.272. The first-order valence-electron chi connectivity index (χ1n) is 7.06. The number of ketones is 1. The van der Waals surface area contributed by atoms with E-state index in [1.54, 1.807) is 24.5 Å². The van der Waals surface area contributed by atoms with Gasteiger partial charge in [-0.15, -0.1) is 10.2 Å². The highest BCUT2D eigenvalue weighted by Crippen LogP contribution is 2.15. The lowest BCUT2D eigenvalue weighted by Gasteiger charge is -2.07. The highest BCUT2D eigenvalue weighted by atomic mass is 16.4. The SMILES string of the molecule is O=C(O)c1cc(C(=O)C=C(O)c2nn[nH]n2)n(Cc2ccncc2)c1. The van der Waals surface area contributed by atoms with Crippen LogP contribution in [0.2, 0.25) is 0 Å². The number of allylic oxidation sites excluding steroid dienone is 1. The van der Waals surface area contributed by atoms with Crippen molar-refractivity contribution in [2.45, 2.75) is 6.54 Å². The molecule has 0 spiro atoms. The van der Waals surface area contributed by atoms with Crippen molar-refractivity contribution in [3.63, 3.8) is 0 Å². The van der Waals surface area contributed by atoms with Crippen molar-refractivity contribution >= 4 is 17.5 Å². The first-order valence-corrected chi connectivity index (χ1v) is 7.06. The van der Waals surface area contributed by atoms with Gasteiger partial charge in [0, 0.05) is 31.2 Å². The summed E-state index contributed by atoms with van der Waals surface area (Å²) in [4.78, 5) is 27.6. The van der Waals surface area contributed by atoms with Gasteiger partial charge in [-0.3, -0.25) is 9.78 Å². The Balaban J connectivity index is 1.95. The zero-order valence-corrected chi connectivity index (χ0v) is 12.7. The summed E-state index contributed by atoms with van der Waals surface area (Å²) < 4.78 is 1.49. The molecule has 126 valence electrons. The van der Waals surface area contributed by atoms with Crippen LogP contribution in [0.3, 0.4) is 0 Å². The van der Waals surface area contributed by atoms with E-state index in [4.69, 9.17) is 0 Å². The maximum absolute atomic E-state index is 12.4. The molecule has 0 saturated carbocycles. The zero-order valence-electron chi connectivity index (χ0n) is 12.7. The number of aliphatic hydroxyl groups is 1. The number of nitrogens with zero attached hydrogens (tertiary/aromatic N) is 5. The molecule has 3 rings (SSSR count). The number of carboxylic acid groups (broad SMARTS) is 1. The van der Waals surface area contributed by atoms with Gasteiger partial charge in [0.15, 0.2) is 5.76 Å². The number of tetrazole rings is 1. The van der Waals surface area contributed by atoms with Crippen LogP contribution in [0.4, 0.5) is 0 Å². The van der Waals surface area contributed by atoms with Crippen LogP contribution >= 0.6 is 0 Å². The molecule has 3 N–H and O–H groups in total. The summed E-state index contributed by atoms with van der Waals surface area (Å²) in [5, 5.41) is 31.6. The maximum atomic E-state index is 12.4. The van der Waals surface area contributed by atoms with E-state index >= 15 is 0 Å². The number of carboxylic acids is 1. The maximum Gasteiger partial charge on any atom is 0.337 e. The molecule has 0 aliphatic heterocycles. The molecule has 10 heteroatoms. The largest absolute Gasteiger partial charge is 0.504 e. The standard InChI is InChI=1S/C15H12N6O4/c22-12(6-13(23)14-17-19-20-18-14)11-5-10(15(24)25)8-21(11)7-9-1-3-16-4-2-9/h1-6,8,23H,7H2,(H,24,25)(H,17,18,19,20). The lowest BCUT2D eigenvalue weighted by Crippen LogP contribution is -2.08. The van der Waals surface area contributed by atoms with Gasteiger partial charge in [0.25, 0.3) is 0 Å². The van der Waals surface area contributed by atoms with E-state index in [0.717, 1.165) is 11.6 Å². The zero-order chi connectivity index (χ0) is 17.8. The van der Waals surface area contributed by atoms with Crippen molar-refractivity contribution in [1.82, 2.24) is 30.2 Å². The summed E-state index contributed by atoms with van der Waals surface area (Å²) >= 11 is 0. The summed E-state index contributed by atoms with van der Waals surface area (Å²) in [5.74, 6) is -2.37. The van der Waals surface area contributed by atoms with Gasteiger partial charge in [0.05, 0.1) is 11.3 Å². The van der Waals surface area contributed by atoms with Crippen molar-refractivity contribution in [2.24, 2.45) is 0 Å². The van der Waals surface area contributed by atoms with Crippen LogP contribution in [0.1, 0.15) is 32.2 Å². The van der Waals surface area contributed by atoms with Crippen LogP contribution in [0.15, 0.2) is 42.9 Å². The third kappa shape index (κ3) is 3.58. The monoisotopic (exact) mass is 340 g/mol. The number of H-pyrrole nitrogens is 1. The second-order valence-corrected chi connectivity index (χ2v) is 5.03. The number of hydrogen-bond acceptors (Lipinski definition) is 7. The highest BCUT2D eigenvalue weighted by molar-refractivity contribution is 6.07. The third-order valence-corrected chi connectivity index (χ3v) is 3.34. The van der Waals surface area contributed by atoms with Gasteiger partial charge in [-0.25, -0.2) is 4.79 Å². The van der Waals surface area contributed by atoms with E-state index in [9.17, 15) is 19.8 Å². The van der Waals surface area contributed by atoms with Gasteiger partial charge < -0.3 is 14.8 Å². The molecule has 10 nitrogen and oxygen atoms in total. The molecule has 0 aliphatic carbocycles. The summed E-state index contributed by atoms with van der Waals surface area (Å²) in [5.41, 5.74) is 0.900. The summed E-state index contributed by atoms with van der Waals surface area (Å²) in [6, 6.07) is 4.74. The average Bonchev–Trinajstić information content (AvgIpc) is 3.25. The van der Waals surface area contributed by atoms with Crippen molar-refractivity contribution < 1.29 is 19.8 Å². The molecule has 25 heavy (non-hydrogen) atoms. The minimum absolute atomic E-state index is 0.0372. The number of nitrogens with one attached hydrogen (secondary N) is 1. The number of aliphatic hydroxyl groups excluding tert-OH is 1. The first-order chi connectivity index (χ1) is 12.0. The van der Waals surface area contributed by atoms with E-state index in [2.05, 4.69) is 25.6 Å². The van der Waals surface area contributed by atoms with Crippen LogP contribution in [-0.2, 0) is 6.54 Å². The molecule has 0 bridgehead atoms. The molecule has 0 fully saturated rings. The fourth-order valence-electron chi connectivity index (χ4n) is 2.18. The van der Waals surface area contributed by atoms with E-state index in [1.165, 1.54) is 16.8 Å². The first kappa shape index (κ1) is 16.1. The van der Waals surface area contributed by atoms with E-state index in [0.29, 0.717) is 0 Å². The van der Waals surface area contributed by atoms with Crippen LogP contribution in [-0.4, -0.2) is 52.1 Å². The van der Waals surface area contributed by atoms with E-state index < -0.39 is 17.5 Å². The van der Waals surface area contributed by atoms with Gasteiger partial charge in [-0.2, -0.15) is 5.21 Å². The molecule has 0 saturated heterocycles. The van der Waals surface area contributed by atoms with Gasteiger partial charge in [0.1, 0.15) is 0 Å². The Bertz CT molecular complexity index is 930. The van der Waals surface area contributed by atoms with Crippen LogP contribution in [0.5, 0.6) is 0 Å². The molecular formula is C15H12N6O4. The molecule has 0 aromatic carbocycles. The minimum atomic E-state index is -1.16. The average molecular weight is 340 g/mol. The van der Waals surface area contributed by atoms with Gasteiger partial charge >= 0.3 is 5.97 Å². The number of aromatic nitrogens is 6. The molecule has 0 amide bonds. The molecule has 3 heterocycles. The van der Waals surface area contributed by atoms with Crippen molar-refractivity contribution in [3.05, 3.63) is 65.5 Å². The molecule has 3 aromatic heterocycles. The molecular weight excluding hydrogens is 328 g/mol. The molecule has 0 atom stereocenters. The molecule has 0 aliphatic rings. The summed E-state index contributed by atoms with van der Waals surface area (Å²) in [6.07, 6.45) is 5.46. The Hall–Kier alpha value is -3.82. The van der Waals surface area contributed by atoms with Gasteiger partial charge in [0.2, 0.25) is 11.6 Å².